The maximum Gasteiger partial charge on any atom is 0.408 e. The van der Waals surface area contributed by atoms with Gasteiger partial charge in [0.25, 0.3) is 0 Å². The predicted octanol–water partition coefficient (Wildman–Crippen LogP) is 6.65. The van der Waals surface area contributed by atoms with Crippen LogP contribution in [0.5, 0.6) is 0 Å². The Labute approximate surface area is 431 Å². The van der Waals surface area contributed by atoms with Crippen LogP contribution in [0.15, 0.2) is 71.8 Å². The first kappa shape index (κ1) is 56.2. The van der Waals surface area contributed by atoms with Crippen molar-refractivity contribution >= 4 is 38.1 Å². The molecule has 3 N–H and O–H groups in total. The molecule has 2 aromatic carbocycles. The molecule has 2 aliphatic heterocycles. The lowest BCUT2D eigenvalue weighted by atomic mass is 9.44. The number of amides is 1. The van der Waals surface area contributed by atoms with E-state index in [1.165, 1.54) is 6.92 Å². The standard InChI is InChI=1S/C55H78N2O15Si/c1-12-73(13-2,14-3)72-44(42(36-21-17-15-18-22-36)56-50(63)71-51(6,7)8)49(62)68-38-32-55(64)47(69-48(61)37-23-19-16-20-24-37)45-53(11,39(59)31-40-54(45,33-67-40)70-35(5)58)46(60)43(41(34(38)4)52(55,9)10)66-30-27-57-25-28-65-29-26-57/h15-24,38-40,42-45,47,59,64H,12-14,25-33H2,1-11H3,(H,56,63)/t38-,39-,40+,42-,43+,44+,45-,47-,53+,54-,55+/m0/s1. The summed E-state index contributed by atoms with van der Waals surface area (Å²) >= 11 is 0. The molecular weight excluding hydrogens is 957 g/mol. The number of Topliss-reactive ketones (excluding diaryl/α,β-unsaturated/α-hetero) is 1. The van der Waals surface area contributed by atoms with Gasteiger partial charge in [-0.25, -0.2) is 14.4 Å². The molecule has 2 saturated heterocycles. The van der Waals surface area contributed by atoms with Crippen LogP contribution in [0.4, 0.5) is 4.79 Å². The Bertz CT molecular complexity index is 2340. The number of ketones is 1. The number of fused-ring (bicyclic) bond motifs is 5. The number of esters is 3. The SMILES string of the molecule is CC[Si](CC)(CC)O[C@@H](C(=O)O[C@H]1C[C@@]2(O)[C@@H](OC(=O)c3ccccc3)[C@@H]3[C@]4(OC(C)=O)CO[C@@H]4C[C@H](O)[C@@]3(C)C(=O)[C@H](OCCN3CCOCC3)C(=C1C)C2(C)C)[C@@H](NC(=O)OC(C)(C)C)c1ccccc1. The van der Waals surface area contributed by atoms with E-state index < -0.39 is 121 Å². The average Bonchev–Trinajstić information content (AvgIpc) is 3.35. The summed E-state index contributed by atoms with van der Waals surface area (Å²) in [4.78, 5) is 75.7. The summed E-state index contributed by atoms with van der Waals surface area (Å²) in [5.74, 6) is -4.48. The van der Waals surface area contributed by atoms with E-state index in [2.05, 4.69) is 10.2 Å². The largest absolute Gasteiger partial charge is 0.456 e. The minimum absolute atomic E-state index is 0.0407. The van der Waals surface area contributed by atoms with Crippen molar-refractivity contribution < 1.29 is 71.8 Å². The van der Waals surface area contributed by atoms with Gasteiger partial charge in [-0.2, -0.15) is 0 Å². The quantitative estimate of drug-likeness (QED) is 0.0655. The van der Waals surface area contributed by atoms with Crippen LogP contribution in [0.25, 0.3) is 0 Å². The highest BCUT2D eigenvalue weighted by Crippen LogP contribution is 2.64. The van der Waals surface area contributed by atoms with E-state index in [4.69, 9.17) is 37.6 Å². The molecule has 2 heterocycles. The normalized spacial score (nSPS) is 31.0. The summed E-state index contributed by atoms with van der Waals surface area (Å²) in [5.41, 5.74) is -6.95. The molecule has 0 radical (unpaired) electrons. The summed E-state index contributed by atoms with van der Waals surface area (Å²) in [6.07, 6.45) is -9.72. The molecule has 2 saturated carbocycles. The molecule has 1 amide bonds. The van der Waals surface area contributed by atoms with Gasteiger partial charge < -0.3 is 53.1 Å². The summed E-state index contributed by atoms with van der Waals surface area (Å²) in [6.45, 7) is 21.8. The zero-order valence-electron chi connectivity index (χ0n) is 44.5. The van der Waals surface area contributed by atoms with Gasteiger partial charge in [0.15, 0.2) is 25.8 Å². The first-order valence-corrected chi connectivity index (χ1v) is 28.5. The molecular formula is C55H78N2O15Si. The third-order valence-corrected chi connectivity index (χ3v) is 21.2. The minimum Gasteiger partial charge on any atom is -0.456 e. The van der Waals surface area contributed by atoms with E-state index in [0.717, 1.165) is 0 Å². The number of benzene rings is 2. The van der Waals surface area contributed by atoms with E-state index in [9.17, 15) is 24.6 Å². The van der Waals surface area contributed by atoms with Crippen LogP contribution < -0.4 is 5.32 Å². The highest BCUT2D eigenvalue weighted by molar-refractivity contribution is 6.73. The fourth-order valence-electron chi connectivity index (χ4n) is 12.2. The van der Waals surface area contributed by atoms with Crippen molar-refractivity contribution in [2.45, 2.75) is 167 Å². The summed E-state index contributed by atoms with van der Waals surface area (Å²) < 4.78 is 51.0. The number of nitrogens with one attached hydrogen (secondary N) is 1. The molecule has 73 heavy (non-hydrogen) atoms. The van der Waals surface area contributed by atoms with Crippen molar-refractivity contribution in [1.29, 1.82) is 0 Å². The van der Waals surface area contributed by atoms with Crippen molar-refractivity contribution in [3.63, 3.8) is 0 Å². The Balaban J connectivity index is 1.44. The Morgan fingerprint density at radius 3 is 2.11 bits per heavy atom. The molecule has 18 heteroatoms. The van der Waals surface area contributed by atoms with Crippen molar-refractivity contribution in [3.8, 4) is 0 Å². The zero-order valence-corrected chi connectivity index (χ0v) is 45.5. The summed E-state index contributed by atoms with van der Waals surface area (Å²) in [6, 6.07) is 17.9. The Morgan fingerprint density at radius 2 is 1.55 bits per heavy atom. The van der Waals surface area contributed by atoms with Gasteiger partial charge in [0.1, 0.15) is 35.6 Å². The minimum atomic E-state index is -2.74. The van der Waals surface area contributed by atoms with Crippen LogP contribution in [0.2, 0.25) is 18.1 Å². The fourth-order valence-corrected chi connectivity index (χ4v) is 15.0. The molecule has 11 atom stereocenters. The second-order valence-electron chi connectivity index (χ2n) is 22.2. The van der Waals surface area contributed by atoms with Gasteiger partial charge in [0.05, 0.1) is 55.5 Å². The van der Waals surface area contributed by atoms with Gasteiger partial charge in [-0.1, -0.05) is 83.1 Å². The molecule has 3 aliphatic carbocycles. The number of ether oxygens (including phenoxy) is 7. The molecule has 5 aliphatic rings. The number of aliphatic hydroxyl groups excluding tert-OH is 1. The maximum absolute atomic E-state index is 16.2. The van der Waals surface area contributed by atoms with Crippen LogP contribution in [-0.2, 0) is 52.0 Å². The number of nitrogens with zero attached hydrogens (tertiary/aromatic N) is 1. The first-order chi connectivity index (χ1) is 34.4. The highest BCUT2D eigenvalue weighted by Gasteiger charge is 2.78. The lowest BCUT2D eigenvalue weighted by Crippen LogP contribution is -2.82. The smallest absolute Gasteiger partial charge is 0.408 e. The third-order valence-electron chi connectivity index (χ3n) is 16.6. The number of hydrogen-bond acceptors (Lipinski definition) is 16. The van der Waals surface area contributed by atoms with Crippen molar-refractivity contribution in [1.82, 2.24) is 10.2 Å². The molecule has 4 fully saturated rings. The van der Waals surface area contributed by atoms with Gasteiger partial charge in [0, 0.05) is 44.8 Å². The Kier molecular flexibility index (Phi) is 16.9. The van der Waals surface area contributed by atoms with Crippen molar-refractivity contribution in [3.05, 3.63) is 82.9 Å². The number of morpholine rings is 1. The van der Waals surface area contributed by atoms with Crippen molar-refractivity contribution in [2.75, 3.05) is 46.1 Å². The van der Waals surface area contributed by atoms with Gasteiger partial charge in [-0.05, 0) is 81.6 Å². The highest BCUT2D eigenvalue weighted by atomic mass is 28.4. The molecule has 7 rings (SSSR count). The van der Waals surface area contributed by atoms with Crippen LogP contribution in [0, 0.1) is 16.7 Å². The zero-order chi connectivity index (χ0) is 53.3. The molecule has 0 spiro atoms. The lowest BCUT2D eigenvalue weighted by molar-refractivity contribution is -0.346. The number of carbonyl (C=O) groups excluding carboxylic acids is 5. The Hall–Kier alpha value is -4.53. The van der Waals surface area contributed by atoms with E-state index in [1.54, 1.807) is 103 Å². The number of alkyl carbamates (subject to hydrolysis) is 1. The fraction of sp³-hybridized carbons (Fsp3) is 0.655. The molecule has 402 valence electrons. The number of aliphatic hydroxyl groups is 2. The third kappa shape index (κ3) is 10.8. The number of carbonyl (C=O) groups is 5. The van der Waals surface area contributed by atoms with Crippen LogP contribution in [0.3, 0.4) is 0 Å². The van der Waals surface area contributed by atoms with Crippen LogP contribution in [0.1, 0.15) is 111 Å². The molecule has 2 aromatic rings. The van der Waals surface area contributed by atoms with Gasteiger partial charge in [-0.15, -0.1) is 0 Å². The van der Waals surface area contributed by atoms with E-state index in [1.807, 2.05) is 26.8 Å². The average molecular weight is 1040 g/mol. The predicted molar refractivity (Wildman–Crippen MR) is 271 cm³/mol. The van der Waals surface area contributed by atoms with Crippen LogP contribution in [-0.4, -0.2) is 153 Å². The number of hydrogen-bond donors (Lipinski definition) is 3. The van der Waals surface area contributed by atoms with E-state index in [0.29, 0.717) is 62.1 Å². The van der Waals surface area contributed by atoms with Crippen LogP contribution >= 0.6 is 0 Å². The molecule has 2 bridgehead atoms. The van der Waals surface area contributed by atoms with Crippen molar-refractivity contribution in [2.24, 2.45) is 16.7 Å². The van der Waals surface area contributed by atoms with Gasteiger partial charge in [-0.3, -0.25) is 14.5 Å². The monoisotopic (exact) mass is 1030 g/mol. The van der Waals surface area contributed by atoms with E-state index >= 15 is 9.59 Å². The number of rotatable bonds is 17. The topological polar surface area (TPSA) is 215 Å². The summed E-state index contributed by atoms with van der Waals surface area (Å²) in [5, 5.41) is 29.6. The second-order valence-corrected chi connectivity index (χ2v) is 26.9. The molecule has 0 unspecified atom stereocenters. The van der Waals surface area contributed by atoms with Gasteiger partial charge in [0.2, 0.25) is 0 Å². The second kappa shape index (κ2) is 22.0. The maximum atomic E-state index is 16.2. The molecule has 17 nitrogen and oxygen atoms in total. The summed E-state index contributed by atoms with van der Waals surface area (Å²) in [7, 11) is -2.74. The van der Waals surface area contributed by atoms with E-state index in [-0.39, 0.29) is 30.8 Å². The first-order valence-electron chi connectivity index (χ1n) is 26.0. The lowest BCUT2D eigenvalue weighted by Gasteiger charge is -2.67. The Morgan fingerprint density at radius 1 is 0.932 bits per heavy atom. The van der Waals surface area contributed by atoms with Gasteiger partial charge >= 0.3 is 24.0 Å². The molecule has 0 aromatic heterocycles.